The lowest BCUT2D eigenvalue weighted by molar-refractivity contribution is -0.121. The SMILES string of the molecule is CCCC(=O)NCCNCCN(C)C. The summed E-state index contributed by atoms with van der Waals surface area (Å²) in [7, 11) is 4.09. The van der Waals surface area contributed by atoms with E-state index in [2.05, 4.69) is 15.5 Å². The second kappa shape index (κ2) is 8.97. The summed E-state index contributed by atoms with van der Waals surface area (Å²) in [5, 5.41) is 6.11. The topological polar surface area (TPSA) is 44.4 Å². The van der Waals surface area contributed by atoms with Gasteiger partial charge in [0.2, 0.25) is 5.91 Å². The van der Waals surface area contributed by atoms with Crippen LogP contribution >= 0.6 is 0 Å². The largest absolute Gasteiger partial charge is 0.355 e. The minimum absolute atomic E-state index is 0.155. The van der Waals surface area contributed by atoms with Crippen LogP contribution < -0.4 is 10.6 Å². The van der Waals surface area contributed by atoms with Crippen molar-refractivity contribution in [2.24, 2.45) is 0 Å². The number of likely N-dealkylation sites (N-methyl/N-ethyl adjacent to an activating group) is 1. The van der Waals surface area contributed by atoms with Gasteiger partial charge in [-0.05, 0) is 20.5 Å². The monoisotopic (exact) mass is 201 g/mol. The number of hydrogen-bond acceptors (Lipinski definition) is 3. The first kappa shape index (κ1) is 13.4. The summed E-state index contributed by atoms with van der Waals surface area (Å²) < 4.78 is 0. The van der Waals surface area contributed by atoms with E-state index in [0.29, 0.717) is 6.42 Å². The molecular formula is C10H23N3O. The van der Waals surface area contributed by atoms with E-state index in [0.717, 1.165) is 32.6 Å². The Labute approximate surface area is 87.0 Å². The van der Waals surface area contributed by atoms with Crippen molar-refractivity contribution in [3.63, 3.8) is 0 Å². The third kappa shape index (κ3) is 9.48. The maximum atomic E-state index is 11.0. The van der Waals surface area contributed by atoms with Gasteiger partial charge in [-0.2, -0.15) is 0 Å². The lowest BCUT2D eigenvalue weighted by atomic mass is 10.3. The zero-order valence-corrected chi connectivity index (χ0v) is 9.60. The van der Waals surface area contributed by atoms with Crippen molar-refractivity contribution in [2.45, 2.75) is 19.8 Å². The van der Waals surface area contributed by atoms with E-state index in [1.54, 1.807) is 0 Å². The van der Waals surface area contributed by atoms with Crippen molar-refractivity contribution in [3.8, 4) is 0 Å². The van der Waals surface area contributed by atoms with Gasteiger partial charge in [-0.1, -0.05) is 6.92 Å². The summed E-state index contributed by atoms with van der Waals surface area (Å²) in [6.07, 6.45) is 1.55. The van der Waals surface area contributed by atoms with Crippen LogP contribution in [0, 0.1) is 0 Å². The minimum atomic E-state index is 0.155. The third-order valence-corrected chi connectivity index (χ3v) is 1.84. The highest BCUT2D eigenvalue weighted by molar-refractivity contribution is 5.75. The Kier molecular flexibility index (Phi) is 8.57. The zero-order chi connectivity index (χ0) is 10.8. The van der Waals surface area contributed by atoms with Crippen LogP contribution in [0.3, 0.4) is 0 Å². The van der Waals surface area contributed by atoms with Crippen LogP contribution in [-0.4, -0.2) is 51.1 Å². The van der Waals surface area contributed by atoms with Gasteiger partial charge in [0, 0.05) is 32.6 Å². The van der Waals surface area contributed by atoms with Crippen molar-refractivity contribution in [2.75, 3.05) is 40.3 Å². The van der Waals surface area contributed by atoms with E-state index in [1.807, 2.05) is 21.0 Å². The summed E-state index contributed by atoms with van der Waals surface area (Å²) in [5.41, 5.74) is 0. The fourth-order valence-corrected chi connectivity index (χ4v) is 1.03. The molecule has 2 N–H and O–H groups in total. The first-order chi connectivity index (χ1) is 6.66. The van der Waals surface area contributed by atoms with E-state index in [9.17, 15) is 4.79 Å². The molecule has 0 aromatic carbocycles. The Balaban J connectivity index is 3.09. The molecule has 0 aromatic heterocycles. The van der Waals surface area contributed by atoms with Crippen molar-refractivity contribution in [1.29, 1.82) is 0 Å². The molecule has 0 heterocycles. The first-order valence-corrected chi connectivity index (χ1v) is 5.29. The van der Waals surface area contributed by atoms with Gasteiger partial charge in [-0.15, -0.1) is 0 Å². The molecule has 0 aliphatic rings. The number of amides is 1. The fraction of sp³-hybridized carbons (Fsp3) is 0.900. The zero-order valence-electron chi connectivity index (χ0n) is 9.60. The predicted molar refractivity (Wildman–Crippen MR) is 59.3 cm³/mol. The van der Waals surface area contributed by atoms with Crippen LogP contribution in [0.5, 0.6) is 0 Å². The van der Waals surface area contributed by atoms with Gasteiger partial charge in [-0.3, -0.25) is 4.79 Å². The second-order valence-electron chi connectivity index (χ2n) is 3.65. The molecule has 0 atom stereocenters. The fourth-order valence-electron chi connectivity index (χ4n) is 1.03. The standard InChI is InChI=1S/C10H23N3O/c1-4-5-10(14)12-7-6-11-8-9-13(2)3/h11H,4-9H2,1-3H3,(H,12,14). The smallest absolute Gasteiger partial charge is 0.220 e. The van der Waals surface area contributed by atoms with Gasteiger partial charge < -0.3 is 15.5 Å². The molecule has 0 saturated heterocycles. The number of carbonyl (C=O) groups excluding carboxylic acids is 1. The quantitative estimate of drug-likeness (QED) is 0.546. The highest BCUT2D eigenvalue weighted by Gasteiger charge is 1.96. The number of carbonyl (C=O) groups is 1. The molecule has 0 saturated carbocycles. The molecule has 4 heteroatoms. The molecule has 0 fully saturated rings. The van der Waals surface area contributed by atoms with Crippen molar-refractivity contribution in [1.82, 2.24) is 15.5 Å². The van der Waals surface area contributed by atoms with Gasteiger partial charge >= 0.3 is 0 Å². The van der Waals surface area contributed by atoms with E-state index in [1.165, 1.54) is 0 Å². The maximum Gasteiger partial charge on any atom is 0.220 e. The predicted octanol–water partition coefficient (Wildman–Crippen LogP) is 0.0539. The molecule has 0 aliphatic carbocycles. The van der Waals surface area contributed by atoms with Crippen LogP contribution in [-0.2, 0) is 4.79 Å². The number of nitrogens with zero attached hydrogens (tertiary/aromatic N) is 1. The molecule has 0 spiro atoms. The summed E-state index contributed by atoms with van der Waals surface area (Å²) >= 11 is 0. The Morgan fingerprint density at radius 1 is 1.21 bits per heavy atom. The molecule has 0 aliphatic heterocycles. The summed E-state index contributed by atoms with van der Waals surface area (Å²) in [4.78, 5) is 13.2. The van der Waals surface area contributed by atoms with Crippen molar-refractivity contribution < 1.29 is 4.79 Å². The van der Waals surface area contributed by atoms with Gasteiger partial charge in [0.1, 0.15) is 0 Å². The molecule has 0 aromatic rings. The molecule has 84 valence electrons. The Morgan fingerprint density at radius 2 is 1.93 bits per heavy atom. The minimum Gasteiger partial charge on any atom is -0.355 e. The molecule has 14 heavy (non-hydrogen) atoms. The van der Waals surface area contributed by atoms with E-state index < -0.39 is 0 Å². The molecule has 1 amide bonds. The summed E-state index contributed by atoms with van der Waals surface area (Å²) in [6.45, 7) is 5.59. The molecule has 0 rings (SSSR count). The summed E-state index contributed by atoms with van der Waals surface area (Å²) in [6, 6.07) is 0. The number of nitrogens with one attached hydrogen (secondary N) is 2. The summed E-state index contributed by atoms with van der Waals surface area (Å²) in [5.74, 6) is 0.155. The van der Waals surface area contributed by atoms with Crippen LogP contribution in [0.2, 0.25) is 0 Å². The van der Waals surface area contributed by atoms with Crippen molar-refractivity contribution >= 4 is 5.91 Å². The van der Waals surface area contributed by atoms with Gasteiger partial charge in [0.05, 0.1) is 0 Å². The highest BCUT2D eigenvalue weighted by atomic mass is 16.1. The highest BCUT2D eigenvalue weighted by Crippen LogP contribution is 1.83. The molecular weight excluding hydrogens is 178 g/mol. The van der Waals surface area contributed by atoms with Crippen LogP contribution in [0.1, 0.15) is 19.8 Å². The lowest BCUT2D eigenvalue weighted by Gasteiger charge is -2.10. The lowest BCUT2D eigenvalue weighted by Crippen LogP contribution is -2.34. The van der Waals surface area contributed by atoms with E-state index in [4.69, 9.17) is 0 Å². The molecule has 0 bridgehead atoms. The number of rotatable bonds is 8. The Morgan fingerprint density at radius 3 is 2.50 bits per heavy atom. The van der Waals surface area contributed by atoms with E-state index >= 15 is 0 Å². The molecule has 0 radical (unpaired) electrons. The normalized spacial score (nSPS) is 10.6. The maximum absolute atomic E-state index is 11.0. The van der Waals surface area contributed by atoms with Crippen LogP contribution in [0.25, 0.3) is 0 Å². The van der Waals surface area contributed by atoms with Gasteiger partial charge in [-0.25, -0.2) is 0 Å². The molecule has 4 nitrogen and oxygen atoms in total. The average Bonchev–Trinajstić information content (AvgIpc) is 2.11. The number of hydrogen-bond donors (Lipinski definition) is 2. The first-order valence-electron chi connectivity index (χ1n) is 5.29. The van der Waals surface area contributed by atoms with Gasteiger partial charge in [0.15, 0.2) is 0 Å². The van der Waals surface area contributed by atoms with Crippen LogP contribution in [0.4, 0.5) is 0 Å². The third-order valence-electron chi connectivity index (χ3n) is 1.84. The van der Waals surface area contributed by atoms with Crippen molar-refractivity contribution in [3.05, 3.63) is 0 Å². The molecule has 0 unspecified atom stereocenters. The van der Waals surface area contributed by atoms with Crippen LogP contribution in [0.15, 0.2) is 0 Å². The second-order valence-corrected chi connectivity index (χ2v) is 3.65. The van der Waals surface area contributed by atoms with Gasteiger partial charge in [0.25, 0.3) is 0 Å². The Hall–Kier alpha value is -0.610. The van der Waals surface area contributed by atoms with E-state index in [-0.39, 0.29) is 5.91 Å². The average molecular weight is 201 g/mol. The Bertz CT molecular complexity index is 148.